The Morgan fingerprint density at radius 1 is 0.786 bits per heavy atom. The Morgan fingerprint density at radius 3 is 2.36 bits per heavy atom. The molecule has 1 aliphatic rings. The zero-order valence-electron chi connectivity index (χ0n) is 15.5. The van der Waals surface area contributed by atoms with Gasteiger partial charge >= 0.3 is 0 Å². The van der Waals surface area contributed by atoms with Crippen molar-refractivity contribution in [3.05, 3.63) is 78.5 Å². The Morgan fingerprint density at radius 2 is 1.50 bits per heavy atom. The van der Waals surface area contributed by atoms with Crippen molar-refractivity contribution in [2.75, 3.05) is 31.1 Å². The molecule has 28 heavy (non-hydrogen) atoms. The van der Waals surface area contributed by atoms with Crippen molar-refractivity contribution in [3.8, 4) is 0 Å². The van der Waals surface area contributed by atoms with E-state index in [0.717, 1.165) is 46.3 Å². The standard InChI is InChI=1S/C23H20N4O/c28-22(20-10-5-8-17-6-1-3-9-19(17)20)26-12-14-27(15-13-26)23-24-16-18-7-2-4-11-21(18)25-23/h1-11,16H,12-15H2. The Hall–Kier alpha value is -3.47. The van der Waals surface area contributed by atoms with Crippen molar-refractivity contribution in [1.29, 1.82) is 0 Å². The number of carbonyl (C=O) groups excluding carboxylic acids is 1. The highest BCUT2D eigenvalue weighted by atomic mass is 16.2. The fourth-order valence-corrected chi connectivity index (χ4v) is 3.81. The van der Waals surface area contributed by atoms with Crippen molar-refractivity contribution in [3.63, 3.8) is 0 Å². The monoisotopic (exact) mass is 368 g/mol. The molecule has 0 bridgehead atoms. The predicted molar refractivity (Wildman–Crippen MR) is 112 cm³/mol. The Labute approximate surface area is 163 Å². The summed E-state index contributed by atoms with van der Waals surface area (Å²) in [6, 6.07) is 21.9. The molecule has 1 aromatic heterocycles. The molecule has 0 unspecified atom stereocenters. The first kappa shape index (κ1) is 16.7. The van der Waals surface area contributed by atoms with Crippen molar-refractivity contribution < 1.29 is 4.79 Å². The highest BCUT2D eigenvalue weighted by Crippen LogP contribution is 2.22. The van der Waals surface area contributed by atoms with Crippen LogP contribution in [-0.2, 0) is 0 Å². The summed E-state index contributed by atoms with van der Waals surface area (Å²) in [4.78, 5) is 26.4. The normalized spacial score (nSPS) is 14.6. The van der Waals surface area contributed by atoms with Crippen LogP contribution >= 0.6 is 0 Å². The second-order valence-electron chi connectivity index (χ2n) is 7.03. The summed E-state index contributed by atoms with van der Waals surface area (Å²) in [6.45, 7) is 2.79. The van der Waals surface area contributed by atoms with Gasteiger partial charge in [0.15, 0.2) is 0 Å². The topological polar surface area (TPSA) is 49.3 Å². The lowest BCUT2D eigenvalue weighted by molar-refractivity contribution is 0.0748. The number of amides is 1. The van der Waals surface area contributed by atoms with Gasteiger partial charge in [0.2, 0.25) is 5.95 Å². The number of piperazine rings is 1. The van der Waals surface area contributed by atoms with Gasteiger partial charge in [-0.1, -0.05) is 54.6 Å². The molecule has 0 radical (unpaired) electrons. The van der Waals surface area contributed by atoms with E-state index < -0.39 is 0 Å². The summed E-state index contributed by atoms with van der Waals surface area (Å²) in [6.07, 6.45) is 1.87. The molecule has 4 aromatic rings. The lowest BCUT2D eigenvalue weighted by Gasteiger charge is -2.35. The summed E-state index contributed by atoms with van der Waals surface area (Å²) in [5, 5.41) is 3.14. The maximum absolute atomic E-state index is 13.1. The van der Waals surface area contributed by atoms with Gasteiger partial charge in [0.1, 0.15) is 0 Å². The third-order valence-corrected chi connectivity index (χ3v) is 5.35. The van der Waals surface area contributed by atoms with Crippen LogP contribution < -0.4 is 4.90 Å². The minimum Gasteiger partial charge on any atom is -0.337 e. The zero-order valence-corrected chi connectivity index (χ0v) is 15.5. The molecular formula is C23H20N4O. The smallest absolute Gasteiger partial charge is 0.254 e. The van der Waals surface area contributed by atoms with E-state index in [2.05, 4.69) is 14.9 Å². The molecule has 0 saturated carbocycles. The Kier molecular flexibility index (Phi) is 4.13. The molecule has 5 rings (SSSR count). The maximum Gasteiger partial charge on any atom is 0.254 e. The molecule has 138 valence electrons. The summed E-state index contributed by atoms with van der Waals surface area (Å²) >= 11 is 0. The van der Waals surface area contributed by atoms with E-state index in [-0.39, 0.29) is 5.91 Å². The molecule has 2 heterocycles. The first-order valence-corrected chi connectivity index (χ1v) is 9.53. The number of benzene rings is 3. The highest BCUT2D eigenvalue weighted by Gasteiger charge is 2.24. The molecule has 3 aromatic carbocycles. The number of aromatic nitrogens is 2. The van der Waals surface area contributed by atoms with Crippen LogP contribution in [0.3, 0.4) is 0 Å². The number of rotatable bonds is 2. The second-order valence-corrected chi connectivity index (χ2v) is 7.03. The summed E-state index contributed by atoms with van der Waals surface area (Å²) in [5.74, 6) is 0.826. The van der Waals surface area contributed by atoms with E-state index in [4.69, 9.17) is 0 Å². The van der Waals surface area contributed by atoms with E-state index in [1.807, 2.05) is 77.8 Å². The van der Waals surface area contributed by atoms with E-state index in [1.165, 1.54) is 0 Å². The van der Waals surface area contributed by atoms with Crippen LogP contribution in [0.15, 0.2) is 72.9 Å². The van der Waals surface area contributed by atoms with Gasteiger partial charge in [-0.15, -0.1) is 0 Å². The van der Waals surface area contributed by atoms with Gasteiger partial charge in [-0.25, -0.2) is 9.97 Å². The Balaban J connectivity index is 1.34. The number of fused-ring (bicyclic) bond motifs is 2. The summed E-state index contributed by atoms with van der Waals surface area (Å²) < 4.78 is 0. The van der Waals surface area contributed by atoms with Gasteiger partial charge in [-0.2, -0.15) is 0 Å². The average Bonchev–Trinajstić information content (AvgIpc) is 2.78. The predicted octanol–water partition coefficient (Wildman–Crippen LogP) is 3.75. The van der Waals surface area contributed by atoms with E-state index in [9.17, 15) is 4.79 Å². The number of carbonyl (C=O) groups is 1. The molecule has 5 nitrogen and oxygen atoms in total. The molecular weight excluding hydrogens is 348 g/mol. The van der Waals surface area contributed by atoms with Crippen molar-refractivity contribution in [2.24, 2.45) is 0 Å². The molecule has 0 aliphatic carbocycles. The van der Waals surface area contributed by atoms with E-state index in [0.29, 0.717) is 13.1 Å². The molecule has 1 amide bonds. The first-order chi connectivity index (χ1) is 13.8. The number of hydrogen-bond donors (Lipinski definition) is 0. The average molecular weight is 368 g/mol. The zero-order chi connectivity index (χ0) is 18.9. The fourth-order valence-electron chi connectivity index (χ4n) is 3.81. The molecule has 1 saturated heterocycles. The number of anilines is 1. The second kappa shape index (κ2) is 6.93. The van der Waals surface area contributed by atoms with Gasteiger partial charge < -0.3 is 9.80 Å². The summed E-state index contributed by atoms with van der Waals surface area (Å²) in [5.41, 5.74) is 1.72. The van der Waals surface area contributed by atoms with Crippen LogP contribution in [-0.4, -0.2) is 47.0 Å². The van der Waals surface area contributed by atoms with Crippen molar-refractivity contribution in [1.82, 2.24) is 14.9 Å². The lowest BCUT2D eigenvalue weighted by Crippen LogP contribution is -2.49. The van der Waals surface area contributed by atoms with Crippen LogP contribution in [0.4, 0.5) is 5.95 Å². The van der Waals surface area contributed by atoms with E-state index >= 15 is 0 Å². The van der Waals surface area contributed by atoms with Crippen LogP contribution in [0.25, 0.3) is 21.7 Å². The third kappa shape index (κ3) is 2.95. The van der Waals surface area contributed by atoms with Gasteiger partial charge in [0, 0.05) is 43.3 Å². The molecule has 0 atom stereocenters. The van der Waals surface area contributed by atoms with Crippen LogP contribution in [0.5, 0.6) is 0 Å². The molecule has 0 N–H and O–H groups in total. The van der Waals surface area contributed by atoms with Gasteiger partial charge in [0.05, 0.1) is 5.52 Å². The molecule has 1 fully saturated rings. The third-order valence-electron chi connectivity index (χ3n) is 5.35. The Bertz CT molecular complexity index is 1160. The molecule has 5 heteroatoms. The minimum absolute atomic E-state index is 0.0934. The quantitative estimate of drug-likeness (QED) is 0.541. The fraction of sp³-hybridized carbons (Fsp3) is 0.174. The highest BCUT2D eigenvalue weighted by molar-refractivity contribution is 6.07. The number of hydrogen-bond acceptors (Lipinski definition) is 4. The summed E-state index contributed by atoms with van der Waals surface area (Å²) in [7, 11) is 0. The first-order valence-electron chi connectivity index (χ1n) is 9.53. The largest absolute Gasteiger partial charge is 0.337 e. The minimum atomic E-state index is 0.0934. The number of nitrogens with zero attached hydrogens (tertiary/aromatic N) is 4. The van der Waals surface area contributed by atoms with Crippen LogP contribution in [0.1, 0.15) is 10.4 Å². The molecule has 1 aliphatic heterocycles. The van der Waals surface area contributed by atoms with Crippen molar-refractivity contribution in [2.45, 2.75) is 0 Å². The lowest BCUT2D eigenvalue weighted by atomic mass is 10.0. The number of para-hydroxylation sites is 1. The van der Waals surface area contributed by atoms with Crippen LogP contribution in [0.2, 0.25) is 0 Å². The van der Waals surface area contributed by atoms with Crippen molar-refractivity contribution >= 4 is 33.5 Å². The van der Waals surface area contributed by atoms with E-state index in [1.54, 1.807) is 0 Å². The van der Waals surface area contributed by atoms with Gasteiger partial charge in [-0.05, 0) is 22.9 Å². The van der Waals surface area contributed by atoms with Gasteiger partial charge in [-0.3, -0.25) is 4.79 Å². The SMILES string of the molecule is O=C(c1cccc2ccccc12)N1CCN(c2ncc3ccccc3n2)CC1. The maximum atomic E-state index is 13.1. The van der Waals surface area contributed by atoms with Gasteiger partial charge in [0.25, 0.3) is 5.91 Å². The van der Waals surface area contributed by atoms with Crippen LogP contribution in [0, 0.1) is 0 Å². The molecule has 0 spiro atoms.